The fourth-order valence-corrected chi connectivity index (χ4v) is 2.92. The minimum Gasteiger partial charge on any atom is -0.346 e. The Hall–Kier alpha value is -1.02. The van der Waals surface area contributed by atoms with Crippen LogP contribution >= 0.6 is 0 Å². The summed E-state index contributed by atoms with van der Waals surface area (Å²) in [5.74, 6) is 0.696. The van der Waals surface area contributed by atoms with Crippen LogP contribution in [0.15, 0.2) is 12.3 Å². The van der Waals surface area contributed by atoms with Crippen molar-refractivity contribution in [3.05, 3.63) is 29.1 Å². The predicted molar refractivity (Wildman–Crippen MR) is 62.9 cm³/mol. The van der Waals surface area contributed by atoms with Crippen molar-refractivity contribution in [3.63, 3.8) is 0 Å². The molecule has 1 N–H and O–H groups in total. The van der Waals surface area contributed by atoms with Crippen LogP contribution in [-0.4, -0.2) is 17.7 Å². The highest BCUT2D eigenvalue weighted by Gasteiger charge is 2.23. The van der Waals surface area contributed by atoms with Gasteiger partial charge in [-0.2, -0.15) is 0 Å². The van der Waals surface area contributed by atoms with Crippen LogP contribution in [-0.2, 0) is 13.0 Å². The Morgan fingerprint density at radius 3 is 3.20 bits per heavy atom. The zero-order valence-corrected chi connectivity index (χ0v) is 9.51. The first-order valence-corrected chi connectivity index (χ1v) is 5.86. The van der Waals surface area contributed by atoms with Crippen molar-refractivity contribution in [2.24, 2.45) is 5.92 Å². The zero-order chi connectivity index (χ0) is 10.4. The Morgan fingerprint density at radius 2 is 2.33 bits per heavy atom. The second-order valence-corrected chi connectivity index (χ2v) is 4.88. The van der Waals surface area contributed by atoms with Crippen molar-refractivity contribution >= 4 is 5.57 Å². The molecule has 1 aliphatic heterocycles. The number of allylic oxidation sites excluding steroid dienone is 1. The fourth-order valence-electron chi connectivity index (χ4n) is 2.92. The molecule has 0 radical (unpaired) electrons. The number of nitrogens with one attached hydrogen (secondary N) is 1. The van der Waals surface area contributed by atoms with E-state index in [-0.39, 0.29) is 0 Å². The molecule has 1 aromatic rings. The predicted octanol–water partition coefficient (Wildman–Crippen LogP) is 1.98. The molecule has 15 heavy (non-hydrogen) atoms. The van der Waals surface area contributed by atoms with Crippen LogP contribution in [0, 0.1) is 12.8 Å². The molecule has 2 nitrogen and oxygen atoms in total. The number of hydrogen-bond donors (Lipinski definition) is 1. The van der Waals surface area contributed by atoms with Crippen molar-refractivity contribution in [2.45, 2.75) is 26.8 Å². The maximum absolute atomic E-state index is 3.49. The molecule has 2 heterocycles. The minimum absolute atomic E-state index is 0.696. The van der Waals surface area contributed by atoms with E-state index in [2.05, 4.69) is 36.0 Å². The van der Waals surface area contributed by atoms with Gasteiger partial charge in [0.15, 0.2) is 0 Å². The SMILES string of the molecule is Cc1cn2c3c1CC(C)C=C3CNCC2. The summed E-state index contributed by atoms with van der Waals surface area (Å²) in [6.45, 7) is 7.81. The minimum atomic E-state index is 0.696. The fraction of sp³-hybridized carbons (Fsp3) is 0.538. The third-order valence-corrected chi connectivity index (χ3v) is 3.56. The lowest BCUT2D eigenvalue weighted by atomic mass is 9.88. The van der Waals surface area contributed by atoms with Crippen LogP contribution in [0.1, 0.15) is 23.7 Å². The average Bonchev–Trinajstić information content (AvgIpc) is 2.40. The lowest BCUT2D eigenvalue weighted by Gasteiger charge is -2.20. The van der Waals surface area contributed by atoms with E-state index in [1.165, 1.54) is 23.3 Å². The summed E-state index contributed by atoms with van der Waals surface area (Å²) < 4.78 is 2.43. The lowest BCUT2D eigenvalue weighted by molar-refractivity contribution is 0.648. The molecule has 2 heteroatoms. The standard InChI is InChI=1S/C13H18N2/c1-9-5-11-7-14-3-4-15-8-10(2)12(6-9)13(11)15/h5,8-9,14H,3-4,6-7H2,1-2H3. The Bertz CT molecular complexity index is 426. The van der Waals surface area contributed by atoms with E-state index >= 15 is 0 Å². The van der Waals surface area contributed by atoms with Gasteiger partial charge < -0.3 is 9.88 Å². The maximum Gasteiger partial charge on any atom is 0.0485 e. The second-order valence-electron chi connectivity index (χ2n) is 4.88. The van der Waals surface area contributed by atoms with Crippen LogP contribution in [0.2, 0.25) is 0 Å². The number of rotatable bonds is 0. The molecule has 1 aliphatic carbocycles. The zero-order valence-electron chi connectivity index (χ0n) is 9.51. The molecule has 2 aliphatic rings. The summed E-state index contributed by atoms with van der Waals surface area (Å²) in [7, 11) is 0. The molecule has 0 saturated carbocycles. The quantitative estimate of drug-likeness (QED) is 0.680. The molecule has 0 aromatic carbocycles. The van der Waals surface area contributed by atoms with Crippen molar-refractivity contribution in [1.82, 2.24) is 9.88 Å². The van der Waals surface area contributed by atoms with Crippen molar-refractivity contribution in [1.29, 1.82) is 0 Å². The topological polar surface area (TPSA) is 17.0 Å². The molecule has 1 atom stereocenters. The first-order chi connectivity index (χ1) is 7.25. The van der Waals surface area contributed by atoms with Gasteiger partial charge in [-0.15, -0.1) is 0 Å². The number of aryl methyl sites for hydroxylation is 1. The summed E-state index contributed by atoms with van der Waals surface area (Å²) in [4.78, 5) is 0. The van der Waals surface area contributed by atoms with Gasteiger partial charge >= 0.3 is 0 Å². The lowest BCUT2D eigenvalue weighted by Crippen LogP contribution is -2.18. The van der Waals surface area contributed by atoms with Gasteiger partial charge in [0, 0.05) is 31.5 Å². The third kappa shape index (κ3) is 1.36. The van der Waals surface area contributed by atoms with E-state index in [0.29, 0.717) is 5.92 Å². The molecular weight excluding hydrogens is 184 g/mol. The smallest absolute Gasteiger partial charge is 0.0485 e. The second kappa shape index (κ2) is 3.24. The van der Waals surface area contributed by atoms with Gasteiger partial charge in [0.2, 0.25) is 0 Å². The van der Waals surface area contributed by atoms with E-state index in [9.17, 15) is 0 Å². The Labute approximate surface area is 91.0 Å². The Morgan fingerprint density at radius 1 is 1.47 bits per heavy atom. The molecule has 0 amide bonds. The number of aromatic nitrogens is 1. The van der Waals surface area contributed by atoms with Gasteiger partial charge in [-0.25, -0.2) is 0 Å². The Balaban J connectivity index is 2.21. The molecular formula is C13H18N2. The first kappa shape index (κ1) is 9.22. The van der Waals surface area contributed by atoms with Gasteiger partial charge in [-0.05, 0) is 36.0 Å². The summed E-state index contributed by atoms with van der Waals surface area (Å²) in [5, 5.41) is 3.49. The average molecular weight is 202 g/mol. The van der Waals surface area contributed by atoms with Gasteiger partial charge in [0.25, 0.3) is 0 Å². The van der Waals surface area contributed by atoms with E-state index < -0.39 is 0 Å². The highest BCUT2D eigenvalue weighted by Crippen LogP contribution is 2.33. The van der Waals surface area contributed by atoms with Crippen LogP contribution < -0.4 is 5.32 Å². The van der Waals surface area contributed by atoms with E-state index in [1.54, 1.807) is 5.56 Å². The van der Waals surface area contributed by atoms with Crippen molar-refractivity contribution < 1.29 is 0 Å². The maximum atomic E-state index is 3.49. The monoisotopic (exact) mass is 202 g/mol. The molecule has 3 rings (SSSR count). The van der Waals surface area contributed by atoms with Crippen LogP contribution in [0.3, 0.4) is 0 Å². The summed E-state index contributed by atoms with van der Waals surface area (Å²) >= 11 is 0. The largest absolute Gasteiger partial charge is 0.346 e. The van der Waals surface area contributed by atoms with Gasteiger partial charge in [-0.3, -0.25) is 0 Å². The van der Waals surface area contributed by atoms with Crippen LogP contribution in [0.25, 0.3) is 5.57 Å². The van der Waals surface area contributed by atoms with Crippen LogP contribution in [0.4, 0.5) is 0 Å². The third-order valence-electron chi connectivity index (χ3n) is 3.56. The molecule has 1 aromatic heterocycles. The molecule has 0 saturated heterocycles. The molecule has 0 bridgehead atoms. The highest BCUT2D eigenvalue weighted by atomic mass is 15.0. The molecule has 80 valence electrons. The van der Waals surface area contributed by atoms with Gasteiger partial charge in [0.1, 0.15) is 0 Å². The highest BCUT2D eigenvalue weighted by molar-refractivity contribution is 5.71. The molecule has 0 fully saturated rings. The van der Waals surface area contributed by atoms with Gasteiger partial charge in [-0.1, -0.05) is 13.0 Å². The molecule has 1 unspecified atom stereocenters. The summed E-state index contributed by atoms with van der Waals surface area (Å²) in [6.07, 6.45) is 5.98. The van der Waals surface area contributed by atoms with Crippen molar-refractivity contribution in [3.8, 4) is 0 Å². The van der Waals surface area contributed by atoms with E-state index in [1.807, 2.05) is 0 Å². The normalized spacial score (nSPS) is 24.4. The molecule has 0 spiro atoms. The van der Waals surface area contributed by atoms with Crippen molar-refractivity contribution in [2.75, 3.05) is 13.1 Å². The van der Waals surface area contributed by atoms with E-state index in [4.69, 9.17) is 0 Å². The Kier molecular flexibility index (Phi) is 1.99. The first-order valence-electron chi connectivity index (χ1n) is 5.86. The van der Waals surface area contributed by atoms with Crippen LogP contribution in [0.5, 0.6) is 0 Å². The van der Waals surface area contributed by atoms with Gasteiger partial charge in [0.05, 0.1) is 0 Å². The number of nitrogens with zero attached hydrogens (tertiary/aromatic N) is 1. The number of hydrogen-bond acceptors (Lipinski definition) is 1. The van der Waals surface area contributed by atoms with E-state index in [0.717, 1.165) is 19.6 Å². The summed E-state index contributed by atoms with van der Waals surface area (Å²) in [6, 6.07) is 0. The summed E-state index contributed by atoms with van der Waals surface area (Å²) in [5.41, 5.74) is 6.08.